The molecule has 1 amide bonds. The Hall–Kier alpha value is -2.43. The van der Waals surface area contributed by atoms with Crippen LogP contribution in [0.1, 0.15) is 18.4 Å². The zero-order valence-corrected chi connectivity index (χ0v) is 11.0. The lowest BCUT2D eigenvalue weighted by atomic mass is 10.2. The lowest BCUT2D eigenvalue weighted by Gasteiger charge is -2.07. The van der Waals surface area contributed by atoms with Gasteiger partial charge in [-0.3, -0.25) is 9.78 Å². The van der Waals surface area contributed by atoms with Crippen molar-refractivity contribution in [2.45, 2.75) is 25.3 Å². The highest BCUT2D eigenvalue weighted by molar-refractivity contribution is 5.92. The van der Waals surface area contributed by atoms with Crippen molar-refractivity contribution in [1.82, 2.24) is 9.97 Å². The Balaban J connectivity index is 1.55. The van der Waals surface area contributed by atoms with Gasteiger partial charge in [-0.1, -0.05) is 6.07 Å². The lowest BCUT2D eigenvalue weighted by molar-refractivity contribution is -0.115. The Kier molecular flexibility index (Phi) is 3.58. The van der Waals surface area contributed by atoms with Gasteiger partial charge in [-0.15, -0.1) is 0 Å². The highest BCUT2D eigenvalue weighted by atomic mass is 16.1. The van der Waals surface area contributed by atoms with Crippen molar-refractivity contribution in [1.29, 1.82) is 0 Å². The largest absolute Gasteiger partial charge is 0.367 e. The number of nitrogens with one attached hydrogen (secondary N) is 2. The fourth-order valence-corrected chi connectivity index (χ4v) is 1.88. The maximum Gasteiger partial charge on any atom is 0.228 e. The Morgan fingerprint density at radius 3 is 2.80 bits per heavy atom. The summed E-state index contributed by atoms with van der Waals surface area (Å²) in [5.74, 6) is 0.792. The van der Waals surface area contributed by atoms with Crippen LogP contribution in [-0.2, 0) is 11.2 Å². The van der Waals surface area contributed by atoms with E-state index in [1.54, 1.807) is 18.6 Å². The molecule has 2 N–H and O–H groups in total. The van der Waals surface area contributed by atoms with Crippen LogP contribution in [0.4, 0.5) is 11.5 Å². The Bertz CT molecular complexity index is 579. The predicted molar refractivity (Wildman–Crippen MR) is 77.5 cm³/mol. The Morgan fingerprint density at radius 2 is 2.15 bits per heavy atom. The molecule has 0 unspecified atom stereocenters. The molecule has 0 spiro atoms. The average molecular weight is 268 g/mol. The summed E-state index contributed by atoms with van der Waals surface area (Å²) in [6.45, 7) is 0. The van der Waals surface area contributed by atoms with Gasteiger partial charge >= 0.3 is 0 Å². The number of carbonyl (C=O) groups is 1. The molecule has 1 fully saturated rings. The van der Waals surface area contributed by atoms with E-state index in [-0.39, 0.29) is 5.91 Å². The standard InChI is InChI=1S/C15H16N4O/c20-15(8-11-2-1-7-16-9-11)19-13-5-6-14(17-10-13)18-12-3-4-12/h1-2,5-7,9-10,12H,3-4,8H2,(H,17,18)(H,19,20). The van der Waals surface area contributed by atoms with Gasteiger partial charge in [0.15, 0.2) is 0 Å². The maximum atomic E-state index is 11.9. The first-order valence-electron chi connectivity index (χ1n) is 6.71. The molecule has 0 atom stereocenters. The minimum absolute atomic E-state index is 0.0669. The van der Waals surface area contributed by atoms with Crippen LogP contribution >= 0.6 is 0 Å². The maximum absolute atomic E-state index is 11.9. The number of anilines is 2. The van der Waals surface area contributed by atoms with Crippen LogP contribution in [0.15, 0.2) is 42.9 Å². The second-order valence-electron chi connectivity index (χ2n) is 4.94. The van der Waals surface area contributed by atoms with Gasteiger partial charge in [-0.25, -0.2) is 4.98 Å². The van der Waals surface area contributed by atoms with Gasteiger partial charge in [0.1, 0.15) is 5.82 Å². The third-order valence-corrected chi connectivity index (χ3v) is 3.06. The summed E-state index contributed by atoms with van der Waals surface area (Å²) in [6.07, 6.45) is 7.80. The molecular formula is C15H16N4O. The quantitative estimate of drug-likeness (QED) is 0.872. The van der Waals surface area contributed by atoms with E-state index in [4.69, 9.17) is 0 Å². The Morgan fingerprint density at radius 1 is 1.25 bits per heavy atom. The zero-order chi connectivity index (χ0) is 13.8. The molecule has 2 heterocycles. The third-order valence-electron chi connectivity index (χ3n) is 3.06. The molecule has 3 rings (SSSR count). The number of nitrogens with zero attached hydrogens (tertiary/aromatic N) is 2. The summed E-state index contributed by atoms with van der Waals surface area (Å²) < 4.78 is 0. The summed E-state index contributed by atoms with van der Waals surface area (Å²) in [4.78, 5) is 20.1. The van der Waals surface area contributed by atoms with Gasteiger partial charge in [0.25, 0.3) is 0 Å². The highest BCUT2D eigenvalue weighted by Crippen LogP contribution is 2.23. The number of aromatic nitrogens is 2. The lowest BCUT2D eigenvalue weighted by Crippen LogP contribution is -2.14. The predicted octanol–water partition coefficient (Wildman–Crippen LogP) is 2.23. The summed E-state index contributed by atoms with van der Waals surface area (Å²) >= 11 is 0. The first kappa shape index (κ1) is 12.6. The van der Waals surface area contributed by atoms with Crippen LogP contribution in [-0.4, -0.2) is 21.9 Å². The molecule has 1 aliphatic carbocycles. The van der Waals surface area contributed by atoms with E-state index in [0.717, 1.165) is 11.4 Å². The molecule has 2 aromatic rings. The van der Waals surface area contributed by atoms with Crippen LogP contribution in [0.5, 0.6) is 0 Å². The monoisotopic (exact) mass is 268 g/mol. The Labute approximate surface area is 117 Å². The third kappa shape index (κ3) is 3.54. The molecule has 5 nitrogen and oxygen atoms in total. The van der Waals surface area contributed by atoms with Crippen molar-refractivity contribution < 1.29 is 4.79 Å². The minimum atomic E-state index is -0.0669. The van der Waals surface area contributed by atoms with Crippen LogP contribution in [0.25, 0.3) is 0 Å². The summed E-state index contributed by atoms with van der Waals surface area (Å²) in [5.41, 5.74) is 1.60. The number of carbonyl (C=O) groups excluding carboxylic acids is 1. The van der Waals surface area contributed by atoms with Gasteiger partial charge in [-0.05, 0) is 36.6 Å². The molecule has 0 bridgehead atoms. The SMILES string of the molecule is O=C(Cc1cccnc1)Nc1ccc(NC2CC2)nc1. The smallest absolute Gasteiger partial charge is 0.228 e. The van der Waals surface area contributed by atoms with Crippen LogP contribution in [0.2, 0.25) is 0 Å². The molecule has 0 aliphatic heterocycles. The van der Waals surface area contributed by atoms with E-state index in [0.29, 0.717) is 18.2 Å². The zero-order valence-electron chi connectivity index (χ0n) is 11.0. The van der Waals surface area contributed by atoms with Crippen molar-refractivity contribution in [2.75, 3.05) is 10.6 Å². The molecule has 0 radical (unpaired) electrons. The van der Waals surface area contributed by atoms with Gasteiger partial charge in [-0.2, -0.15) is 0 Å². The first-order valence-corrected chi connectivity index (χ1v) is 6.71. The van der Waals surface area contributed by atoms with Crippen LogP contribution in [0, 0.1) is 0 Å². The van der Waals surface area contributed by atoms with Crippen molar-refractivity contribution in [3.63, 3.8) is 0 Å². The number of pyridine rings is 2. The van der Waals surface area contributed by atoms with E-state index in [9.17, 15) is 4.79 Å². The fourth-order valence-electron chi connectivity index (χ4n) is 1.88. The molecule has 2 aromatic heterocycles. The van der Waals surface area contributed by atoms with Crippen molar-refractivity contribution in [2.24, 2.45) is 0 Å². The van der Waals surface area contributed by atoms with E-state index in [1.807, 2.05) is 24.3 Å². The van der Waals surface area contributed by atoms with E-state index in [2.05, 4.69) is 20.6 Å². The number of rotatable bonds is 5. The van der Waals surface area contributed by atoms with Crippen molar-refractivity contribution in [3.05, 3.63) is 48.4 Å². The first-order chi connectivity index (χ1) is 9.79. The highest BCUT2D eigenvalue weighted by Gasteiger charge is 2.20. The van der Waals surface area contributed by atoms with Crippen molar-refractivity contribution >= 4 is 17.4 Å². The second-order valence-corrected chi connectivity index (χ2v) is 4.94. The molecule has 20 heavy (non-hydrogen) atoms. The second kappa shape index (κ2) is 5.69. The van der Waals surface area contributed by atoms with E-state index < -0.39 is 0 Å². The number of hydrogen-bond acceptors (Lipinski definition) is 4. The van der Waals surface area contributed by atoms with Crippen LogP contribution < -0.4 is 10.6 Å². The van der Waals surface area contributed by atoms with Gasteiger partial charge in [0.2, 0.25) is 5.91 Å². The van der Waals surface area contributed by atoms with E-state index >= 15 is 0 Å². The minimum Gasteiger partial charge on any atom is -0.367 e. The van der Waals surface area contributed by atoms with Gasteiger partial charge in [0, 0.05) is 18.4 Å². The molecular weight excluding hydrogens is 252 g/mol. The summed E-state index contributed by atoms with van der Waals surface area (Å²) in [6, 6.07) is 8.03. The molecule has 1 saturated carbocycles. The van der Waals surface area contributed by atoms with Crippen LogP contribution in [0.3, 0.4) is 0 Å². The normalized spacial score (nSPS) is 13.8. The number of hydrogen-bond donors (Lipinski definition) is 2. The molecule has 0 saturated heterocycles. The van der Waals surface area contributed by atoms with Gasteiger partial charge < -0.3 is 10.6 Å². The summed E-state index contributed by atoms with van der Waals surface area (Å²) in [5, 5.41) is 6.13. The molecule has 102 valence electrons. The molecule has 5 heteroatoms. The molecule has 1 aliphatic rings. The topological polar surface area (TPSA) is 66.9 Å². The van der Waals surface area contributed by atoms with Gasteiger partial charge in [0.05, 0.1) is 18.3 Å². The van der Waals surface area contributed by atoms with E-state index in [1.165, 1.54) is 12.8 Å². The summed E-state index contributed by atoms with van der Waals surface area (Å²) in [7, 11) is 0. The van der Waals surface area contributed by atoms with Crippen molar-refractivity contribution in [3.8, 4) is 0 Å². The number of amides is 1. The fraction of sp³-hybridized carbons (Fsp3) is 0.267. The molecule has 0 aromatic carbocycles. The average Bonchev–Trinajstić information content (AvgIpc) is 3.26.